The highest BCUT2D eigenvalue weighted by atomic mass is 32.2. The minimum Gasteiger partial charge on any atom is -0.467 e. The first-order valence-electron chi connectivity index (χ1n) is 5.59. The van der Waals surface area contributed by atoms with E-state index in [2.05, 4.69) is 0 Å². The smallest absolute Gasteiger partial charge is 0.237 e. The molecule has 2 N–H and O–H groups in total. The summed E-state index contributed by atoms with van der Waals surface area (Å²) in [6, 6.07) is 9.29. The summed E-state index contributed by atoms with van der Waals surface area (Å²) in [5.41, 5.74) is 7.38. The summed E-state index contributed by atoms with van der Waals surface area (Å²) in [6.07, 6.45) is 1.61. The number of anilines is 2. The molecule has 1 aliphatic heterocycles. The van der Waals surface area contributed by atoms with Crippen LogP contribution < -0.4 is 10.6 Å². The number of nitrogen functional groups attached to an aromatic ring is 1. The second-order valence-corrected chi connectivity index (χ2v) is 5.09. The standard InChI is InChI=1S/C13H12N2O2S/c14-9-3-4-11-12(6-9)18-8-13(16)15(11)7-10-2-1-5-17-10/h1-6H,7-8,14H2. The van der Waals surface area contributed by atoms with Crippen LogP contribution in [0.4, 0.5) is 11.4 Å². The van der Waals surface area contributed by atoms with Gasteiger partial charge in [-0.05, 0) is 30.3 Å². The van der Waals surface area contributed by atoms with Gasteiger partial charge >= 0.3 is 0 Å². The number of fused-ring (bicyclic) bond motifs is 1. The summed E-state index contributed by atoms with van der Waals surface area (Å²) in [5.74, 6) is 1.31. The van der Waals surface area contributed by atoms with Gasteiger partial charge in [-0.15, -0.1) is 11.8 Å². The molecule has 1 amide bonds. The molecule has 3 rings (SSSR count). The second-order valence-electron chi connectivity index (χ2n) is 4.08. The van der Waals surface area contributed by atoms with Crippen LogP contribution in [0.3, 0.4) is 0 Å². The van der Waals surface area contributed by atoms with Gasteiger partial charge in [-0.2, -0.15) is 0 Å². The molecule has 0 radical (unpaired) electrons. The van der Waals surface area contributed by atoms with Gasteiger partial charge in [0.2, 0.25) is 5.91 Å². The molecule has 2 heterocycles. The molecule has 1 aliphatic rings. The van der Waals surface area contributed by atoms with Gasteiger partial charge in [0, 0.05) is 10.6 Å². The molecule has 18 heavy (non-hydrogen) atoms. The van der Waals surface area contributed by atoms with Crippen LogP contribution in [0.25, 0.3) is 0 Å². The lowest BCUT2D eigenvalue weighted by Gasteiger charge is -2.28. The molecule has 0 aliphatic carbocycles. The summed E-state index contributed by atoms with van der Waals surface area (Å²) in [5, 5.41) is 0. The highest BCUT2D eigenvalue weighted by molar-refractivity contribution is 8.00. The Morgan fingerprint density at radius 3 is 3.06 bits per heavy atom. The molecule has 0 spiro atoms. The predicted octanol–water partition coefficient (Wildman–Crippen LogP) is 2.50. The Kier molecular flexibility index (Phi) is 2.76. The zero-order valence-electron chi connectivity index (χ0n) is 9.63. The van der Waals surface area contributed by atoms with E-state index in [9.17, 15) is 4.79 Å². The Morgan fingerprint density at radius 2 is 2.28 bits per heavy atom. The summed E-state index contributed by atoms with van der Waals surface area (Å²) in [4.78, 5) is 14.8. The van der Waals surface area contributed by atoms with Crippen molar-refractivity contribution >= 4 is 29.0 Å². The van der Waals surface area contributed by atoms with Crippen LogP contribution in [0.15, 0.2) is 45.9 Å². The van der Waals surface area contributed by atoms with E-state index in [4.69, 9.17) is 10.2 Å². The first-order valence-corrected chi connectivity index (χ1v) is 6.57. The van der Waals surface area contributed by atoms with E-state index in [-0.39, 0.29) is 5.91 Å². The first kappa shape index (κ1) is 11.2. The van der Waals surface area contributed by atoms with Crippen molar-refractivity contribution in [2.24, 2.45) is 0 Å². The molecule has 0 saturated heterocycles. The third-order valence-corrected chi connectivity index (χ3v) is 3.85. The van der Waals surface area contributed by atoms with Gasteiger partial charge in [0.25, 0.3) is 0 Å². The van der Waals surface area contributed by atoms with Crippen molar-refractivity contribution in [2.75, 3.05) is 16.4 Å². The number of carbonyl (C=O) groups excluding carboxylic acids is 1. The van der Waals surface area contributed by atoms with Gasteiger partial charge in [0.15, 0.2) is 0 Å². The molecular weight excluding hydrogens is 248 g/mol. The molecule has 4 nitrogen and oxygen atoms in total. The predicted molar refractivity (Wildman–Crippen MR) is 71.5 cm³/mol. The molecule has 1 aromatic heterocycles. The number of benzene rings is 1. The Hall–Kier alpha value is -1.88. The van der Waals surface area contributed by atoms with Crippen molar-refractivity contribution in [3.63, 3.8) is 0 Å². The maximum absolute atomic E-state index is 12.0. The van der Waals surface area contributed by atoms with Gasteiger partial charge in [-0.1, -0.05) is 0 Å². The van der Waals surface area contributed by atoms with Crippen LogP contribution in [0, 0.1) is 0 Å². The van der Waals surface area contributed by atoms with E-state index in [0.717, 1.165) is 16.3 Å². The van der Waals surface area contributed by atoms with Crippen molar-refractivity contribution in [3.05, 3.63) is 42.4 Å². The minimum atomic E-state index is 0.0914. The first-order chi connectivity index (χ1) is 8.74. The van der Waals surface area contributed by atoms with Gasteiger partial charge < -0.3 is 15.1 Å². The quantitative estimate of drug-likeness (QED) is 0.843. The summed E-state index contributed by atoms with van der Waals surface area (Å²) < 4.78 is 5.30. The van der Waals surface area contributed by atoms with E-state index >= 15 is 0 Å². The fourth-order valence-corrected chi connectivity index (χ4v) is 2.93. The number of rotatable bonds is 2. The Morgan fingerprint density at radius 1 is 1.39 bits per heavy atom. The maximum Gasteiger partial charge on any atom is 0.237 e. The number of hydrogen-bond donors (Lipinski definition) is 1. The molecule has 92 valence electrons. The third-order valence-electron chi connectivity index (χ3n) is 2.82. The highest BCUT2D eigenvalue weighted by Gasteiger charge is 2.25. The molecule has 5 heteroatoms. The lowest BCUT2D eigenvalue weighted by molar-refractivity contribution is -0.116. The molecule has 0 atom stereocenters. The summed E-state index contributed by atoms with van der Waals surface area (Å²) in [6.45, 7) is 0.462. The number of nitrogens with two attached hydrogens (primary N) is 1. The maximum atomic E-state index is 12.0. The van der Waals surface area contributed by atoms with Crippen LogP contribution in [0.1, 0.15) is 5.76 Å². The Balaban J connectivity index is 1.96. The van der Waals surface area contributed by atoms with Gasteiger partial charge in [-0.25, -0.2) is 0 Å². The van der Waals surface area contributed by atoms with Gasteiger partial charge in [0.05, 0.1) is 24.2 Å². The van der Waals surface area contributed by atoms with Crippen LogP contribution in [-0.2, 0) is 11.3 Å². The summed E-state index contributed by atoms with van der Waals surface area (Å²) >= 11 is 1.53. The van der Waals surface area contributed by atoms with Crippen molar-refractivity contribution < 1.29 is 9.21 Å². The monoisotopic (exact) mass is 260 g/mol. The fraction of sp³-hybridized carbons (Fsp3) is 0.154. The van der Waals surface area contributed by atoms with Crippen LogP contribution >= 0.6 is 11.8 Å². The Bertz CT molecular complexity index is 581. The molecule has 0 unspecified atom stereocenters. The lowest BCUT2D eigenvalue weighted by atomic mass is 10.2. The number of amides is 1. The number of carbonyl (C=O) groups is 1. The van der Waals surface area contributed by atoms with Gasteiger partial charge in [-0.3, -0.25) is 4.79 Å². The SMILES string of the molecule is Nc1ccc2c(c1)SCC(=O)N2Cc1ccco1. The fourth-order valence-electron chi connectivity index (χ4n) is 1.95. The van der Waals surface area contributed by atoms with E-state index in [0.29, 0.717) is 18.0 Å². The molecule has 0 bridgehead atoms. The van der Waals surface area contributed by atoms with Crippen molar-refractivity contribution in [1.29, 1.82) is 0 Å². The Labute approximate surface area is 109 Å². The van der Waals surface area contributed by atoms with Crippen molar-refractivity contribution in [3.8, 4) is 0 Å². The average molecular weight is 260 g/mol. The molecular formula is C13H12N2O2S. The van der Waals surface area contributed by atoms with Crippen molar-refractivity contribution in [2.45, 2.75) is 11.4 Å². The number of thioether (sulfide) groups is 1. The zero-order chi connectivity index (χ0) is 12.5. The molecule has 0 fully saturated rings. The summed E-state index contributed by atoms with van der Waals surface area (Å²) in [7, 11) is 0. The average Bonchev–Trinajstić information content (AvgIpc) is 2.86. The largest absolute Gasteiger partial charge is 0.467 e. The van der Waals surface area contributed by atoms with E-state index in [1.165, 1.54) is 11.8 Å². The number of furan rings is 1. The van der Waals surface area contributed by atoms with E-state index in [1.807, 2.05) is 30.3 Å². The lowest BCUT2D eigenvalue weighted by Crippen LogP contribution is -2.34. The van der Waals surface area contributed by atoms with Crippen LogP contribution in [0.2, 0.25) is 0 Å². The van der Waals surface area contributed by atoms with E-state index in [1.54, 1.807) is 11.2 Å². The molecule has 1 aromatic carbocycles. The third kappa shape index (κ3) is 1.97. The van der Waals surface area contributed by atoms with Gasteiger partial charge in [0.1, 0.15) is 5.76 Å². The normalized spacial score (nSPS) is 14.7. The zero-order valence-corrected chi connectivity index (χ0v) is 10.4. The van der Waals surface area contributed by atoms with Crippen LogP contribution in [-0.4, -0.2) is 11.7 Å². The number of hydrogen-bond acceptors (Lipinski definition) is 4. The van der Waals surface area contributed by atoms with Crippen molar-refractivity contribution in [1.82, 2.24) is 0 Å². The minimum absolute atomic E-state index is 0.0914. The molecule has 0 saturated carbocycles. The second kappa shape index (κ2) is 4.42. The highest BCUT2D eigenvalue weighted by Crippen LogP contribution is 2.37. The van der Waals surface area contributed by atoms with Crippen LogP contribution in [0.5, 0.6) is 0 Å². The number of nitrogens with zero attached hydrogens (tertiary/aromatic N) is 1. The molecule has 2 aromatic rings. The topological polar surface area (TPSA) is 59.5 Å². The van der Waals surface area contributed by atoms with E-state index < -0.39 is 0 Å².